The maximum absolute atomic E-state index is 14.5. The van der Waals surface area contributed by atoms with E-state index in [-0.39, 0.29) is 40.5 Å². The van der Waals surface area contributed by atoms with Gasteiger partial charge in [0.05, 0.1) is 22.2 Å². The minimum Gasteiger partial charge on any atom is -0.652 e. The molecule has 6 rings (SSSR count). The van der Waals surface area contributed by atoms with Crippen LogP contribution in [0.2, 0.25) is 0 Å². The molecular formula is C34H47FN6O6S-2. The number of amides is 1. The molecule has 2 atom stereocenters. The second-order valence-corrected chi connectivity index (χ2v) is 16.2. The lowest BCUT2D eigenvalue weighted by Gasteiger charge is -2.54. The summed E-state index contributed by atoms with van der Waals surface area (Å²) < 4.78 is 42.0. The fraction of sp³-hybridized carbons (Fsp3) is 0.647. The molecular weight excluding hydrogens is 639 g/mol. The number of sulfonamides is 1. The Hall–Kier alpha value is -3.20. The third-order valence-corrected chi connectivity index (χ3v) is 13.2. The van der Waals surface area contributed by atoms with Crippen LogP contribution in [0.3, 0.4) is 0 Å². The number of likely N-dealkylation sites (tertiary alicyclic amines) is 1. The number of carbonyl (C=O) groups is 2. The molecule has 0 N–H and O–H groups in total. The second-order valence-electron chi connectivity index (χ2n) is 14.0. The molecule has 0 unspecified atom stereocenters. The molecule has 0 radical (unpaired) electrons. The van der Waals surface area contributed by atoms with Crippen LogP contribution in [0.25, 0.3) is 0 Å². The summed E-state index contributed by atoms with van der Waals surface area (Å²) in [6.07, 6.45) is 4.11. The first-order valence-corrected chi connectivity index (χ1v) is 18.4. The van der Waals surface area contributed by atoms with Crippen molar-refractivity contribution < 1.29 is 32.6 Å². The van der Waals surface area contributed by atoms with Crippen molar-refractivity contribution in [2.45, 2.75) is 89.1 Å². The number of piperidine rings is 2. The van der Waals surface area contributed by atoms with Gasteiger partial charge in [-0.2, -0.15) is 0 Å². The van der Waals surface area contributed by atoms with Crippen molar-refractivity contribution in [2.24, 2.45) is 5.92 Å². The highest BCUT2D eigenvalue weighted by Crippen LogP contribution is 2.41. The SMILES string of the molecule is Cc1ncnc(C)c1C(=O)N1CCC(C)(N2CCN([C@H](c3cccc(F)c3)C3CCN(S(=O)(=O)C4CC4)CC3)[C@H](C)C2)CC1.O=C([O-])[O-]. The third-order valence-electron chi connectivity index (χ3n) is 10.8. The number of hydrogen-bond acceptors (Lipinski definition) is 10. The van der Waals surface area contributed by atoms with Crippen LogP contribution in [0.1, 0.15) is 85.7 Å². The summed E-state index contributed by atoms with van der Waals surface area (Å²) in [6, 6.07) is 7.29. The molecule has 4 fully saturated rings. The number of carbonyl (C=O) groups excluding carboxylic acids is 2. The molecule has 48 heavy (non-hydrogen) atoms. The van der Waals surface area contributed by atoms with Crippen molar-refractivity contribution in [2.75, 3.05) is 45.8 Å². The van der Waals surface area contributed by atoms with E-state index in [4.69, 9.17) is 15.0 Å². The van der Waals surface area contributed by atoms with Gasteiger partial charge in [0, 0.05) is 63.4 Å². The number of piperazine rings is 1. The van der Waals surface area contributed by atoms with E-state index in [9.17, 15) is 17.6 Å². The Balaban J connectivity index is 0.00000107. The minimum absolute atomic E-state index is 0.00866. The normalized spacial score (nSPS) is 23.6. The van der Waals surface area contributed by atoms with Crippen molar-refractivity contribution in [1.29, 1.82) is 0 Å². The van der Waals surface area contributed by atoms with E-state index in [2.05, 4.69) is 33.6 Å². The van der Waals surface area contributed by atoms with Crippen LogP contribution in [0.4, 0.5) is 9.18 Å². The zero-order chi connectivity index (χ0) is 34.8. The Labute approximate surface area is 283 Å². The Morgan fingerprint density at radius 2 is 1.56 bits per heavy atom. The second kappa shape index (κ2) is 14.7. The van der Waals surface area contributed by atoms with Gasteiger partial charge in [0.25, 0.3) is 5.91 Å². The number of halogens is 1. The molecule has 1 aromatic heterocycles. The van der Waals surface area contributed by atoms with Crippen LogP contribution in [0, 0.1) is 25.6 Å². The zero-order valence-electron chi connectivity index (χ0n) is 28.3. The Kier molecular flexibility index (Phi) is 11.1. The largest absolute Gasteiger partial charge is 0.652 e. The monoisotopic (exact) mass is 686 g/mol. The number of benzene rings is 1. The maximum atomic E-state index is 14.5. The van der Waals surface area contributed by atoms with Gasteiger partial charge in [-0.05, 0) is 96.0 Å². The average Bonchev–Trinajstić information content (AvgIpc) is 3.89. The third kappa shape index (κ3) is 7.98. The molecule has 264 valence electrons. The molecule has 3 aliphatic heterocycles. The van der Waals surface area contributed by atoms with E-state index in [1.165, 1.54) is 12.4 Å². The van der Waals surface area contributed by atoms with Gasteiger partial charge in [-0.1, -0.05) is 12.1 Å². The molecule has 0 spiro atoms. The first-order chi connectivity index (χ1) is 22.7. The number of aryl methyl sites for hydroxylation is 2. The summed E-state index contributed by atoms with van der Waals surface area (Å²) in [5.74, 6) is 0.0544. The molecule has 0 bridgehead atoms. The highest BCUT2D eigenvalue weighted by atomic mass is 32.2. The quantitative estimate of drug-likeness (QED) is 0.421. The van der Waals surface area contributed by atoms with Crippen LogP contribution >= 0.6 is 0 Å². The summed E-state index contributed by atoms with van der Waals surface area (Å²) in [5, 5.41) is 16.5. The Bertz CT molecular complexity index is 1550. The minimum atomic E-state index is -3.18. The fourth-order valence-electron chi connectivity index (χ4n) is 7.89. The zero-order valence-corrected chi connectivity index (χ0v) is 29.1. The molecule has 1 aromatic carbocycles. The van der Waals surface area contributed by atoms with Gasteiger partial charge in [0.15, 0.2) is 0 Å². The van der Waals surface area contributed by atoms with E-state index >= 15 is 0 Å². The summed E-state index contributed by atoms with van der Waals surface area (Å²) in [7, 11) is -3.18. The highest BCUT2D eigenvalue weighted by molar-refractivity contribution is 7.90. The summed E-state index contributed by atoms with van der Waals surface area (Å²) in [4.78, 5) is 37.3. The molecule has 4 aliphatic rings. The predicted octanol–water partition coefficient (Wildman–Crippen LogP) is 1.73. The number of rotatable bonds is 7. The number of nitrogens with zero attached hydrogens (tertiary/aromatic N) is 6. The lowest BCUT2D eigenvalue weighted by molar-refractivity contribution is -0.415. The molecule has 3 saturated heterocycles. The summed E-state index contributed by atoms with van der Waals surface area (Å²) in [6.45, 7) is 13.5. The maximum Gasteiger partial charge on any atom is 0.257 e. The van der Waals surface area contributed by atoms with E-state index in [1.807, 2.05) is 24.8 Å². The van der Waals surface area contributed by atoms with Crippen LogP contribution < -0.4 is 10.2 Å². The van der Waals surface area contributed by atoms with Crippen molar-refractivity contribution in [3.05, 3.63) is 58.9 Å². The van der Waals surface area contributed by atoms with Gasteiger partial charge in [0.2, 0.25) is 10.0 Å². The standard InChI is InChI=1S/C33H47FN6O3S.CH2O3/c1-23-21-38(33(4)12-16-37(17-13-33)32(41)30-24(2)35-22-36-25(30)3)18-19-40(23)31(27-6-5-7-28(34)20-27)26-10-14-39(15-11-26)44(42,43)29-8-9-29;2-1(3)4/h5-7,20,22-23,26,29,31H,8-19,21H2,1-4H3;(H2,2,3,4)/p-2/t23-,31+;/m1./s1. The van der Waals surface area contributed by atoms with Crippen LogP contribution in [-0.2, 0) is 10.0 Å². The average molecular weight is 687 g/mol. The number of aromatic nitrogens is 2. The van der Waals surface area contributed by atoms with Gasteiger partial charge in [0.1, 0.15) is 12.1 Å². The molecule has 4 heterocycles. The van der Waals surface area contributed by atoms with Gasteiger partial charge in [-0.15, -0.1) is 0 Å². The molecule has 1 saturated carbocycles. The van der Waals surface area contributed by atoms with Crippen LogP contribution in [-0.4, -0.2) is 112 Å². The van der Waals surface area contributed by atoms with E-state index in [0.29, 0.717) is 31.7 Å². The fourth-order valence-corrected chi connectivity index (χ4v) is 9.76. The smallest absolute Gasteiger partial charge is 0.257 e. The van der Waals surface area contributed by atoms with Crippen molar-refractivity contribution in [1.82, 2.24) is 29.0 Å². The van der Waals surface area contributed by atoms with Crippen LogP contribution in [0.5, 0.6) is 0 Å². The van der Waals surface area contributed by atoms with Gasteiger partial charge in [-0.3, -0.25) is 14.6 Å². The van der Waals surface area contributed by atoms with Crippen molar-refractivity contribution in [3.63, 3.8) is 0 Å². The van der Waals surface area contributed by atoms with Gasteiger partial charge in [-0.25, -0.2) is 27.1 Å². The van der Waals surface area contributed by atoms with E-state index in [1.54, 1.807) is 16.4 Å². The predicted molar refractivity (Wildman–Crippen MR) is 174 cm³/mol. The van der Waals surface area contributed by atoms with Crippen LogP contribution in [0.15, 0.2) is 30.6 Å². The highest BCUT2D eigenvalue weighted by Gasteiger charge is 2.45. The molecule has 12 nitrogen and oxygen atoms in total. The molecule has 1 amide bonds. The first-order valence-electron chi connectivity index (χ1n) is 16.9. The Morgan fingerprint density at radius 3 is 2.10 bits per heavy atom. The molecule has 2 aromatic rings. The van der Waals surface area contributed by atoms with E-state index < -0.39 is 16.2 Å². The lowest BCUT2D eigenvalue weighted by atomic mass is 9.82. The lowest BCUT2D eigenvalue weighted by Crippen LogP contribution is -2.63. The summed E-state index contributed by atoms with van der Waals surface area (Å²) >= 11 is 0. The number of hydrogen-bond donors (Lipinski definition) is 0. The number of carboxylic acid groups (broad SMARTS) is 2. The Morgan fingerprint density at radius 1 is 0.958 bits per heavy atom. The molecule has 14 heteroatoms. The molecule has 1 aliphatic carbocycles. The van der Waals surface area contributed by atoms with Crippen molar-refractivity contribution >= 4 is 22.1 Å². The van der Waals surface area contributed by atoms with Gasteiger partial charge >= 0.3 is 0 Å². The van der Waals surface area contributed by atoms with E-state index in [0.717, 1.165) is 75.1 Å². The van der Waals surface area contributed by atoms with Gasteiger partial charge < -0.3 is 19.9 Å². The summed E-state index contributed by atoms with van der Waals surface area (Å²) in [5.41, 5.74) is 3.05. The first kappa shape index (κ1) is 36.1. The topological polar surface area (TPSA) is 153 Å². The van der Waals surface area contributed by atoms with Crippen molar-refractivity contribution in [3.8, 4) is 0 Å².